The first-order valence-electron chi connectivity index (χ1n) is 9.72. The molecular formula is C19H28N4O5S. The van der Waals surface area contributed by atoms with E-state index in [-0.39, 0.29) is 34.8 Å². The van der Waals surface area contributed by atoms with Crippen molar-refractivity contribution in [3.05, 3.63) is 10.6 Å². The average molecular weight is 425 g/mol. The normalized spacial score (nSPS) is 29.6. The van der Waals surface area contributed by atoms with Crippen LogP contribution >= 0.6 is 11.8 Å². The van der Waals surface area contributed by atoms with Crippen LogP contribution in [0.5, 0.6) is 0 Å². The number of hydrogen-bond donors (Lipinski definition) is 3. The van der Waals surface area contributed by atoms with Gasteiger partial charge in [0.05, 0.1) is 23.3 Å². The second-order valence-corrected chi connectivity index (χ2v) is 9.52. The Bertz CT molecular complexity index is 791. The summed E-state index contributed by atoms with van der Waals surface area (Å²) in [7, 11) is 3.69. The van der Waals surface area contributed by atoms with Crippen molar-refractivity contribution in [3.8, 4) is 0 Å². The molecule has 0 aromatic rings. The number of rotatable bonds is 6. The standard InChI is InChI=1S/C19H28N4O5S/c1-8(2)20-17(25)10-6-13(16(21-10)22(4)5)29-12-7-11-14(9(3)24)18(26)23(11)15(12)19(27)28/h8-11,13-14,24H,6-7H2,1-5H3,(H,20,25)(H,27,28)/t9-,10+,11-,13?,14-/m1/s1. The monoisotopic (exact) mass is 424 g/mol. The lowest BCUT2D eigenvalue weighted by atomic mass is 9.83. The van der Waals surface area contributed by atoms with Crippen LogP contribution in [-0.2, 0) is 14.4 Å². The van der Waals surface area contributed by atoms with Crippen molar-refractivity contribution in [3.63, 3.8) is 0 Å². The molecule has 0 saturated carbocycles. The zero-order valence-electron chi connectivity index (χ0n) is 17.2. The van der Waals surface area contributed by atoms with Crippen LogP contribution in [0.1, 0.15) is 33.6 Å². The SMILES string of the molecule is CC(C)NC(=O)[C@@H]1CC(SC2=C(C(=O)O)N3C(=O)[C@H]([C@@H](C)O)[C@H]3C2)C(N(C)C)=N1. The number of carboxylic acid groups (broad SMARTS) is 1. The fraction of sp³-hybridized carbons (Fsp3) is 0.684. The highest BCUT2D eigenvalue weighted by Gasteiger charge is 2.57. The lowest BCUT2D eigenvalue weighted by molar-refractivity contribution is -0.161. The van der Waals surface area contributed by atoms with Gasteiger partial charge in [0.2, 0.25) is 11.8 Å². The van der Waals surface area contributed by atoms with E-state index in [1.165, 1.54) is 16.7 Å². The highest BCUT2D eigenvalue weighted by molar-refractivity contribution is 8.04. The molecule has 1 fully saturated rings. The first-order chi connectivity index (χ1) is 13.5. The predicted octanol–water partition coefficient (Wildman–Crippen LogP) is 0.253. The minimum atomic E-state index is -1.15. The molecule has 3 rings (SSSR count). The number of aliphatic hydroxyl groups is 1. The number of fused-ring (bicyclic) bond motifs is 1. The molecule has 9 nitrogen and oxygen atoms in total. The third kappa shape index (κ3) is 3.87. The van der Waals surface area contributed by atoms with Crippen molar-refractivity contribution in [2.75, 3.05) is 14.1 Å². The van der Waals surface area contributed by atoms with Gasteiger partial charge in [-0.3, -0.25) is 14.6 Å². The van der Waals surface area contributed by atoms with Crippen LogP contribution in [0.4, 0.5) is 0 Å². The van der Waals surface area contributed by atoms with Crippen molar-refractivity contribution >= 4 is 35.4 Å². The fourth-order valence-corrected chi connectivity index (χ4v) is 5.73. The van der Waals surface area contributed by atoms with Crippen LogP contribution < -0.4 is 5.32 Å². The number of aliphatic hydroxyl groups excluding tert-OH is 1. The number of amidine groups is 1. The Hall–Kier alpha value is -2.07. The Morgan fingerprint density at radius 1 is 1.31 bits per heavy atom. The Balaban J connectivity index is 1.81. The van der Waals surface area contributed by atoms with E-state index < -0.39 is 24.0 Å². The van der Waals surface area contributed by atoms with Crippen molar-refractivity contribution in [2.24, 2.45) is 10.9 Å². The van der Waals surface area contributed by atoms with Gasteiger partial charge in [0, 0.05) is 31.5 Å². The number of aliphatic imine (C=N–C) groups is 1. The summed E-state index contributed by atoms with van der Waals surface area (Å²) in [6.45, 7) is 5.33. The van der Waals surface area contributed by atoms with E-state index in [1.54, 1.807) is 6.92 Å². The van der Waals surface area contributed by atoms with Gasteiger partial charge in [0.15, 0.2) is 0 Å². The number of carboxylic acids is 1. The number of carbonyl (C=O) groups is 3. The van der Waals surface area contributed by atoms with Gasteiger partial charge in [-0.05, 0) is 27.2 Å². The molecule has 10 heteroatoms. The van der Waals surface area contributed by atoms with E-state index in [1.807, 2.05) is 32.8 Å². The summed E-state index contributed by atoms with van der Waals surface area (Å²) in [6.07, 6.45) is 0.0387. The molecule has 0 spiro atoms. The van der Waals surface area contributed by atoms with E-state index in [2.05, 4.69) is 10.3 Å². The first kappa shape index (κ1) is 21.6. The van der Waals surface area contributed by atoms with Crippen LogP contribution in [0.15, 0.2) is 15.6 Å². The van der Waals surface area contributed by atoms with E-state index in [0.29, 0.717) is 17.7 Å². The van der Waals surface area contributed by atoms with Crippen molar-refractivity contribution < 1.29 is 24.6 Å². The molecule has 0 bridgehead atoms. The number of carbonyl (C=O) groups excluding carboxylic acids is 2. The number of hydrogen-bond acceptors (Lipinski definition) is 7. The Morgan fingerprint density at radius 3 is 2.48 bits per heavy atom. The van der Waals surface area contributed by atoms with Gasteiger partial charge in [0.1, 0.15) is 17.6 Å². The molecular weight excluding hydrogens is 396 g/mol. The van der Waals surface area contributed by atoms with Crippen LogP contribution in [-0.4, -0.2) is 87.2 Å². The highest BCUT2D eigenvalue weighted by Crippen LogP contribution is 2.49. The van der Waals surface area contributed by atoms with Gasteiger partial charge in [-0.2, -0.15) is 0 Å². The minimum Gasteiger partial charge on any atom is -0.477 e. The van der Waals surface area contributed by atoms with Crippen molar-refractivity contribution in [1.29, 1.82) is 0 Å². The first-order valence-corrected chi connectivity index (χ1v) is 10.6. The molecule has 1 unspecified atom stereocenters. The van der Waals surface area contributed by atoms with Crippen LogP contribution in [0.25, 0.3) is 0 Å². The van der Waals surface area contributed by atoms with E-state index >= 15 is 0 Å². The second-order valence-electron chi connectivity index (χ2n) is 8.23. The van der Waals surface area contributed by atoms with E-state index in [9.17, 15) is 24.6 Å². The number of thioether (sulfide) groups is 1. The van der Waals surface area contributed by atoms with Gasteiger partial charge in [-0.25, -0.2) is 4.79 Å². The molecule has 3 heterocycles. The third-order valence-electron chi connectivity index (χ3n) is 5.38. The van der Waals surface area contributed by atoms with Crippen molar-refractivity contribution in [1.82, 2.24) is 15.1 Å². The summed E-state index contributed by atoms with van der Waals surface area (Å²) < 4.78 is 0. The average Bonchev–Trinajstić information content (AvgIpc) is 3.14. The summed E-state index contributed by atoms with van der Waals surface area (Å²) in [4.78, 5) is 45.0. The number of nitrogens with zero attached hydrogens (tertiary/aromatic N) is 3. The zero-order valence-corrected chi connectivity index (χ0v) is 18.1. The molecule has 29 heavy (non-hydrogen) atoms. The van der Waals surface area contributed by atoms with Crippen LogP contribution in [0.2, 0.25) is 0 Å². The summed E-state index contributed by atoms with van der Waals surface area (Å²) >= 11 is 1.36. The zero-order chi connectivity index (χ0) is 21.6. The smallest absolute Gasteiger partial charge is 0.353 e. The Kier molecular flexibility index (Phi) is 5.96. The summed E-state index contributed by atoms with van der Waals surface area (Å²) in [6, 6.07) is -0.834. The Labute approximate surface area is 174 Å². The third-order valence-corrected chi connectivity index (χ3v) is 6.71. The van der Waals surface area contributed by atoms with Gasteiger partial charge in [-0.15, -0.1) is 11.8 Å². The predicted molar refractivity (Wildman–Crippen MR) is 109 cm³/mol. The van der Waals surface area contributed by atoms with Crippen LogP contribution in [0.3, 0.4) is 0 Å². The molecule has 160 valence electrons. The largest absolute Gasteiger partial charge is 0.477 e. The van der Waals surface area contributed by atoms with Crippen molar-refractivity contribution in [2.45, 2.75) is 63.1 Å². The second kappa shape index (κ2) is 7.98. The molecule has 3 N–H and O–H groups in total. The number of aliphatic carboxylic acids is 1. The fourth-order valence-electron chi connectivity index (χ4n) is 4.16. The molecule has 0 radical (unpaired) electrons. The van der Waals surface area contributed by atoms with Gasteiger partial charge < -0.3 is 25.3 Å². The molecule has 0 aromatic heterocycles. The molecule has 3 aliphatic heterocycles. The molecule has 2 amide bonds. The van der Waals surface area contributed by atoms with E-state index in [4.69, 9.17) is 0 Å². The number of β-lactam (4-membered cyclic amide) rings is 1. The van der Waals surface area contributed by atoms with Crippen LogP contribution in [0, 0.1) is 5.92 Å². The minimum absolute atomic E-state index is 0.00455. The maximum Gasteiger partial charge on any atom is 0.353 e. The van der Waals surface area contributed by atoms with E-state index in [0.717, 1.165) is 5.84 Å². The molecule has 1 saturated heterocycles. The lowest BCUT2D eigenvalue weighted by Crippen LogP contribution is -2.61. The summed E-state index contributed by atoms with van der Waals surface area (Å²) in [5.41, 5.74) is -0.00455. The Morgan fingerprint density at radius 2 is 1.97 bits per heavy atom. The summed E-state index contributed by atoms with van der Waals surface area (Å²) in [5.74, 6) is -1.49. The van der Waals surface area contributed by atoms with Gasteiger partial charge in [0.25, 0.3) is 0 Å². The van der Waals surface area contributed by atoms with Gasteiger partial charge in [-0.1, -0.05) is 0 Å². The topological polar surface area (TPSA) is 123 Å². The molecule has 0 aliphatic carbocycles. The highest BCUT2D eigenvalue weighted by atomic mass is 32.2. The maximum absolute atomic E-state index is 12.4. The molecule has 0 aromatic carbocycles. The maximum atomic E-state index is 12.4. The lowest BCUT2D eigenvalue weighted by Gasteiger charge is -2.44. The summed E-state index contributed by atoms with van der Waals surface area (Å²) in [5, 5.41) is 22.3. The van der Waals surface area contributed by atoms with Gasteiger partial charge >= 0.3 is 5.97 Å². The number of amides is 2. The number of nitrogens with one attached hydrogen (secondary N) is 1. The quantitative estimate of drug-likeness (QED) is 0.523. The molecule has 3 aliphatic rings. The molecule has 5 atom stereocenters.